The van der Waals surface area contributed by atoms with Gasteiger partial charge in [-0.15, -0.1) is 0 Å². The molecule has 2 aromatic carbocycles. The Labute approximate surface area is 157 Å². The molecule has 0 saturated carbocycles. The van der Waals surface area contributed by atoms with E-state index in [1.807, 2.05) is 30.3 Å². The summed E-state index contributed by atoms with van der Waals surface area (Å²) in [5.41, 5.74) is 1.67. The van der Waals surface area contributed by atoms with Gasteiger partial charge in [0, 0.05) is 25.7 Å². The number of rotatable bonds is 6. The van der Waals surface area contributed by atoms with Crippen molar-refractivity contribution in [3.05, 3.63) is 72.0 Å². The lowest BCUT2D eigenvalue weighted by atomic mass is 10.1. The van der Waals surface area contributed by atoms with E-state index < -0.39 is 16.0 Å². The molecule has 0 amide bonds. The van der Waals surface area contributed by atoms with Crippen LogP contribution in [0.4, 0.5) is 0 Å². The van der Waals surface area contributed by atoms with E-state index in [4.69, 9.17) is 9.26 Å². The minimum atomic E-state index is -3.63. The van der Waals surface area contributed by atoms with E-state index in [1.54, 1.807) is 6.07 Å². The second-order valence-electron chi connectivity index (χ2n) is 5.94. The van der Waals surface area contributed by atoms with Crippen LogP contribution in [0.1, 0.15) is 16.1 Å². The number of hydrogen-bond acceptors (Lipinski definition) is 6. The molecule has 0 fully saturated rings. The summed E-state index contributed by atoms with van der Waals surface area (Å²) < 4.78 is 35.8. The summed E-state index contributed by atoms with van der Waals surface area (Å²) in [6.45, 7) is -0.108. The van der Waals surface area contributed by atoms with E-state index in [0.717, 1.165) is 9.87 Å². The molecular weight excluding hydrogens is 368 g/mol. The molecule has 0 radical (unpaired) electrons. The molecular formula is C19H18N2O5S. The van der Waals surface area contributed by atoms with Crippen molar-refractivity contribution in [1.82, 2.24) is 9.46 Å². The largest absolute Gasteiger partial charge is 0.454 e. The van der Waals surface area contributed by atoms with Crippen LogP contribution in [0.5, 0.6) is 0 Å². The number of ether oxygens (including phenoxy) is 1. The van der Waals surface area contributed by atoms with Crippen molar-refractivity contribution in [2.75, 3.05) is 14.1 Å². The maximum Gasteiger partial charge on any atom is 0.338 e. The van der Waals surface area contributed by atoms with Crippen LogP contribution in [-0.4, -0.2) is 37.9 Å². The Hall–Kier alpha value is -2.97. The highest BCUT2D eigenvalue weighted by atomic mass is 32.2. The maximum absolute atomic E-state index is 12.3. The van der Waals surface area contributed by atoms with Crippen LogP contribution in [0.15, 0.2) is 70.1 Å². The van der Waals surface area contributed by atoms with Gasteiger partial charge in [-0.05, 0) is 18.2 Å². The zero-order valence-corrected chi connectivity index (χ0v) is 15.6. The Bertz CT molecular complexity index is 1040. The maximum atomic E-state index is 12.3. The van der Waals surface area contributed by atoms with Crippen LogP contribution >= 0.6 is 0 Å². The van der Waals surface area contributed by atoms with Gasteiger partial charge in [0.25, 0.3) is 0 Å². The van der Waals surface area contributed by atoms with Gasteiger partial charge in [-0.25, -0.2) is 17.5 Å². The van der Waals surface area contributed by atoms with Crippen LogP contribution in [0.25, 0.3) is 11.3 Å². The summed E-state index contributed by atoms with van der Waals surface area (Å²) in [4.78, 5) is 12.3. The Kier molecular flexibility index (Phi) is 5.38. The topological polar surface area (TPSA) is 89.7 Å². The third-order valence-electron chi connectivity index (χ3n) is 3.82. The zero-order chi connectivity index (χ0) is 19.4. The number of hydrogen-bond donors (Lipinski definition) is 0. The first kappa shape index (κ1) is 18.8. The third kappa shape index (κ3) is 4.24. The Balaban J connectivity index is 1.69. The van der Waals surface area contributed by atoms with Crippen LogP contribution < -0.4 is 0 Å². The van der Waals surface area contributed by atoms with Crippen LogP contribution in [-0.2, 0) is 21.4 Å². The first-order chi connectivity index (χ1) is 12.9. The minimum Gasteiger partial charge on any atom is -0.454 e. The summed E-state index contributed by atoms with van der Waals surface area (Å²) in [5.74, 6) is -0.261. The van der Waals surface area contributed by atoms with Crippen LogP contribution in [0, 0.1) is 0 Å². The van der Waals surface area contributed by atoms with Crippen molar-refractivity contribution in [3.8, 4) is 11.3 Å². The van der Waals surface area contributed by atoms with Crippen molar-refractivity contribution in [2.45, 2.75) is 11.5 Å². The molecule has 0 aliphatic carbocycles. The Morgan fingerprint density at radius 1 is 1.07 bits per heavy atom. The molecule has 0 atom stereocenters. The zero-order valence-electron chi connectivity index (χ0n) is 14.8. The van der Waals surface area contributed by atoms with Gasteiger partial charge < -0.3 is 9.26 Å². The molecule has 1 aromatic heterocycles. The van der Waals surface area contributed by atoms with E-state index in [0.29, 0.717) is 11.5 Å². The van der Waals surface area contributed by atoms with E-state index >= 15 is 0 Å². The van der Waals surface area contributed by atoms with Crippen LogP contribution in [0.2, 0.25) is 0 Å². The van der Waals surface area contributed by atoms with E-state index in [9.17, 15) is 13.2 Å². The van der Waals surface area contributed by atoms with Gasteiger partial charge >= 0.3 is 5.97 Å². The Morgan fingerprint density at radius 3 is 2.52 bits per heavy atom. The molecule has 27 heavy (non-hydrogen) atoms. The lowest BCUT2D eigenvalue weighted by Gasteiger charge is -2.12. The molecule has 0 aliphatic heterocycles. The second kappa shape index (κ2) is 7.73. The number of nitrogens with zero attached hydrogens (tertiary/aromatic N) is 2. The average Bonchev–Trinajstić information content (AvgIpc) is 3.16. The quantitative estimate of drug-likeness (QED) is 0.605. The van der Waals surface area contributed by atoms with Crippen molar-refractivity contribution in [3.63, 3.8) is 0 Å². The third-order valence-corrected chi connectivity index (χ3v) is 5.63. The number of aromatic nitrogens is 1. The lowest BCUT2D eigenvalue weighted by Crippen LogP contribution is -2.22. The van der Waals surface area contributed by atoms with Gasteiger partial charge in [-0.2, -0.15) is 0 Å². The summed E-state index contributed by atoms with van der Waals surface area (Å²) in [7, 11) is -0.780. The number of carbonyl (C=O) groups is 1. The van der Waals surface area contributed by atoms with Crippen molar-refractivity contribution < 1.29 is 22.5 Å². The Morgan fingerprint density at radius 2 is 1.81 bits per heavy atom. The molecule has 8 heteroatoms. The fraction of sp³-hybridized carbons (Fsp3) is 0.158. The standard InChI is InChI=1S/C19H18N2O5S/c1-21(2)27(23,24)17-10-6-9-15(11-17)19(22)25-13-16-12-18(20-26-16)14-7-4-3-5-8-14/h3-12H,13H2,1-2H3. The fourth-order valence-corrected chi connectivity index (χ4v) is 3.29. The van der Waals surface area contributed by atoms with E-state index in [2.05, 4.69) is 5.16 Å². The van der Waals surface area contributed by atoms with Gasteiger partial charge in [0.1, 0.15) is 5.69 Å². The van der Waals surface area contributed by atoms with Crippen molar-refractivity contribution in [1.29, 1.82) is 0 Å². The normalized spacial score (nSPS) is 11.5. The average molecular weight is 386 g/mol. The highest BCUT2D eigenvalue weighted by Crippen LogP contribution is 2.20. The molecule has 0 bridgehead atoms. The SMILES string of the molecule is CN(C)S(=O)(=O)c1cccc(C(=O)OCc2cc(-c3ccccc3)no2)c1. The molecule has 3 rings (SSSR count). The molecule has 140 valence electrons. The number of sulfonamides is 1. The van der Waals surface area contributed by atoms with E-state index in [-0.39, 0.29) is 17.1 Å². The summed E-state index contributed by atoms with van der Waals surface area (Å²) in [6.07, 6.45) is 0. The molecule has 1 heterocycles. The lowest BCUT2D eigenvalue weighted by molar-refractivity contribution is 0.0437. The molecule has 3 aromatic rings. The highest BCUT2D eigenvalue weighted by molar-refractivity contribution is 7.89. The predicted molar refractivity (Wildman–Crippen MR) is 98.4 cm³/mol. The smallest absolute Gasteiger partial charge is 0.338 e. The number of benzene rings is 2. The first-order valence-corrected chi connectivity index (χ1v) is 9.52. The van der Waals surface area contributed by atoms with Crippen molar-refractivity contribution in [2.24, 2.45) is 0 Å². The number of carbonyl (C=O) groups excluding carboxylic acids is 1. The first-order valence-electron chi connectivity index (χ1n) is 8.08. The molecule has 0 aliphatic rings. The molecule has 0 spiro atoms. The van der Waals surface area contributed by atoms with Gasteiger partial charge in [0.15, 0.2) is 12.4 Å². The second-order valence-corrected chi connectivity index (χ2v) is 8.09. The minimum absolute atomic E-state index is 0.0213. The van der Waals surface area contributed by atoms with Gasteiger partial charge in [-0.3, -0.25) is 0 Å². The number of esters is 1. The predicted octanol–water partition coefficient (Wildman–Crippen LogP) is 2.95. The van der Waals surface area contributed by atoms with Gasteiger partial charge in [-0.1, -0.05) is 41.6 Å². The molecule has 7 nitrogen and oxygen atoms in total. The van der Waals surface area contributed by atoms with E-state index in [1.165, 1.54) is 38.4 Å². The molecule has 0 saturated heterocycles. The summed E-state index contributed by atoms with van der Waals surface area (Å²) >= 11 is 0. The van der Waals surface area contributed by atoms with Gasteiger partial charge in [0.05, 0.1) is 10.5 Å². The summed E-state index contributed by atoms with van der Waals surface area (Å²) in [5, 5.41) is 3.95. The monoisotopic (exact) mass is 386 g/mol. The fourth-order valence-electron chi connectivity index (χ4n) is 2.34. The molecule has 0 N–H and O–H groups in total. The van der Waals surface area contributed by atoms with Gasteiger partial charge in [0.2, 0.25) is 10.0 Å². The summed E-state index contributed by atoms with van der Waals surface area (Å²) in [6, 6.07) is 16.8. The molecule has 0 unspecified atom stereocenters. The van der Waals surface area contributed by atoms with Crippen LogP contribution in [0.3, 0.4) is 0 Å². The van der Waals surface area contributed by atoms with Crippen molar-refractivity contribution >= 4 is 16.0 Å². The highest BCUT2D eigenvalue weighted by Gasteiger charge is 2.19.